The van der Waals surface area contributed by atoms with Gasteiger partial charge in [0.25, 0.3) is 0 Å². The Balaban J connectivity index is 5.55. The Labute approximate surface area is 111 Å². The Bertz CT molecular complexity index is 346. The van der Waals surface area contributed by atoms with Crippen molar-refractivity contribution in [1.82, 2.24) is 0 Å². The number of alkyl halides is 11. The highest BCUT2D eigenvalue weighted by atomic mass is 19.4. The van der Waals surface area contributed by atoms with Crippen molar-refractivity contribution in [3.8, 4) is 0 Å². The van der Waals surface area contributed by atoms with Crippen molar-refractivity contribution >= 4 is 0 Å². The summed E-state index contributed by atoms with van der Waals surface area (Å²) in [5.41, 5.74) is 0. The van der Waals surface area contributed by atoms with E-state index in [9.17, 15) is 48.3 Å². The second kappa shape index (κ2) is 5.76. The largest absolute Gasteiger partial charge is 0.460 e. The van der Waals surface area contributed by atoms with Gasteiger partial charge in [-0.1, -0.05) is 0 Å². The summed E-state index contributed by atoms with van der Waals surface area (Å²) in [6.07, 6.45) is -9.28. The van der Waals surface area contributed by atoms with Crippen molar-refractivity contribution in [3.63, 3.8) is 0 Å². The normalized spacial score (nSPS) is 15.4. The van der Waals surface area contributed by atoms with Crippen molar-refractivity contribution in [1.29, 1.82) is 0 Å². The van der Waals surface area contributed by atoms with Crippen molar-refractivity contribution in [2.45, 2.75) is 43.2 Å². The summed E-state index contributed by atoms with van der Waals surface area (Å²) in [6, 6.07) is 0. The highest BCUT2D eigenvalue weighted by Crippen LogP contribution is 2.57. The first-order valence-corrected chi connectivity index (χ1v) is 5.22. The molecular formula is C9H9F11O. The molecule has 0 fully saturated rings. The standard InChI is InChI=1S/C9H9F11O/c1-2-21-4-3-5(10,11)6(12,13)7(14,15)8(16,17)9(18,19)20/h2-4H2,1H3. The molecule has 0 amide bonds. The molecule has 0 saturated carbocycles. The lowest BCUT2D eigenvalue weighted by Gasteiger charge is -2.37. The maximum atomic E-state index is 12.9. The highest BCUT2D eigenvalue weighted by molar-refractivity contribution is 5.06. The van der Waals surface area contributed by atoms with Gasteiger partial charge < -0.3 is 4.74 Å². The van der Waals surface area contributed by atoms with Crippen LogP contribution in [0.2, 0.25) is 0 Å². The first-order valence-electron chi connectivity index (χ1n) is 5.22. The summed E-state index contributed by atoms with van der Waals surface area (Å²) in [6.45, 7) is -0.286. The molecule has 0 radical (unpaired) electrons. The Morgan fingerprint density at radius 3 is 1.43 bits per heavy atom. The van der Waals surface area contributed by atoms with Gasteiger partial charge in [0.2, 0.25) is 0 Å². The Hall–Kier alpha value is -0.810. The van der Waals surface area contributed by atoms with Gasteiger partial charge in [-0.2, -0.15) is 48.3 Å². The van der Waals surface area contributed by atoms with Gasteiger partial charge in [0.05, 0.1) is 6.61 Å². The predicted octanol–water partition coefficient (Wildman–Crippen LogP) is 4.52. The molecule has 0 aliphatic heterocycles. The number of ether oxygens (including phenoxy) is 1. The minimum atomic E-state index is -7.34. The lowest BCUT2D eigenvalue weighted by Crippen LogP contribution is -2.66. The molecule has 0 atom stereocenters. The molecule has 12 heteroatoms. The fourth-order valence-corrected chi connectivity index (χ4v) is 1.11. The molecule has 0 rings (SSSR count). The smallest absolute Gasteiger partial charge is 0.382 e. The Morgan fingerprint density at radius 2 is 1.10 bits per heavy atom. The van der Waals surface area contributed by atoms with E-state index in [4.69, 9.17) is 0 Å². The number of hydrogen-bond acceptors (Lipinski definition) is 1. The quantitative estimate of drug-likeness (QED) is 0.488. The average Bonchev–Trinajstić information content (AvgIpc) is 2.26. The Kier molecular flexibility index (Phi) is 5.54. The summed E-state index contributed by atoms with van der Waals surface area (Å²) < 4.78 is 141. The average molecular weight is 342 g/mol. The van der Waals surface area contributed by atoms with Gasteiger partial charge in [-0.05, 0) is 6.92 Å². The number of rotatable bonds is 7. The van der Waals surface area contributed by atoms with Gasteiger partial charge >= 0.3 is 29.9 Å². The van der Waals surface area contributed by atoms with Crippen LogP contribution in [0.1, 0.15) is 13.3 Å². The van der Waals surface area contributed by atoms with E-state index in [0.29, 0.717) is 0 Å². The van der Waals surface area contributed by atoms with Crippen LogP contribution in [0.25, 0.3) is 0 Å². The van der Waals surface area contributed by atoms with Gasteiger partial charge in [-0.3, -0.25) is 0 Å². The van der Waals surface area contributed by atoms with Crippen molar-refractivity contribution in [2.75, 3.05) is 13.2 Å². The fraction of sp³-hybridized carbons (Fsp3) is 1.00. The van der Waals surface area contributed by atoms with Crippen LogP contribution in [-0.2, 0) is 4.74 Å². The van der Waals surface area contributed by atoms with E-state index in [1.54, 1.807) is 0 Å². The summed E-state index contributed by atoms with van der Waals surface area (Å²) >= 11 is 0. The molecule has 0 saturated heterocycles. The van der Waals surface area contributed by atoms with Gasteiger partial charge in [0.15, 0.2) is 0 Å². The summed E-state index contributed by atoms with van der Waals surface area (Å²) in [5.74, 6) is -27.4. The molecular weight excluding hydrogens is 333 g/mol. The maximum absolute atomic E-state index is 12.9. The molecule has 21 heavy (non-hydrogen) atoms. The molecule has 0 aliphatic carbocycles. The minimum absolute atomic E-state index is 0.281. The molecule has 0 aromatic heterocycles. The Morgan fingerprint density at radius 1 is 0.667 bits per heavy atom. The van der Waals surface area contributed by atoms with E-state index in [-0.39, 0.29) is 6.61 Å². The van der Waals surface area contributed by atoms with E-state index < -0.39 is 42.9 Å². The SMILES string of the molecule is CCOCCC(F)(F)C(F)(F)C(F)(F)C(F)(F)C(F)(F)F. The third-order valence-electron chi connectivity index (χ3n) is 2.37. The molecule has 0 bridgehead atoms. The van der Waals surface area contributed by atoms with Gasteiger partial charge in [0, 0.05) is 13.0 Å². The summed E-state index contributed by atoms with van der Waals surface area (Å²) in [7, 11) is 0. The molecule has 0 N–H and O–H groups in total. The number of hydrogen-bond donors (Lipinski definition) is 0. The van der Waals surface area contributed by atoms with Crippen LogP contribution < -0.4 is 0 Å². The van der Waals surface area contributed by atoms with Crippen LogP contribution in [0, 0.1) is 0 Å². The van der Waals surface area contributed by atoms with Crippen LogP contribution in [0.5, 0.6) is 0 Å². The third kappa shape index (κ3) is 3.34. The summed E-state index contributed by atoms with van der Waals surface area (Å²) in [5, 5.41) is 0. The molecule has 1 nitrogen and oxygen atoms in total. The first-order chi connectivity index (χ1) is 9.06. The predicted molar refractivity (Wildman–Crippen MR) is 47.0 cm³/mol. The fourth-order valence-electron chi connectivity index (χ4n) is 1.11. The van der Waals surface area contributed by atoms with E-state index in [0.717, 1.165) is 0 Å². The zero-order valence-corrected chi connectivity index (χ0v) is 10.2. The zero-order valence-electron chi connectivity index (χ0n) is 10.2. The van der Waals surface area contributed by atoms with E-state index in [2.05, 4.69) is 4.74 Å². The van der Waals surface area contributed by atoms with Crippen LogP contribution in [0.3, 0.4) is 0 Å². The van der Waals surface area contributed by atoms with Crippen molar-refractivity contribution in [3.05, 3.63) is 0 Å². The molecule has 0 spiro atoms. The topological polar surface area (TPSA) is 9.23 Å². The lowest BCUT2D eigenvalue weighted by atomic mass is 9.96. The van der Waals surface area contributed by atoms with Crippen LogP contribution >= 0.6 is 0 Å². The minimum Gasteiger partial charge on any atom is -0.382 e. The maximum Gasteiger partial charge on any atom is 0.460 e. The van der Waals surface area contributed by atoms with Gasteiger partial charge in [-0.25, -0.2) is 0 Å². The second-order valence-corrected chi connectivity index (χ2v) is 3.87. The van der Waals surface area contributed by atoms with Crippen molar-refractivity contribution < 1.29 is 53.0 Å². The monoisotopic (exact) mass is 342 g/mol. The van der Waals surface area contributed by atoms with Crippen LogP contribution in [0.4, 0.5) is 48.3 Å². The molecule has 0 aromatic carbocycles. The van der Waals surface area contributed by atoms with Gasteiger partial charge in [-0.15, -0.1) is 0 Å². The zero-order chi connectivity index (χ0) is 17.3. The summed E-state index contributed by atoms with van der Waals surface area (Å²) in [4.78, 5) is 0. The molecule has 0 unspecified atom stereocenters. The van der Waals surface area contributed by atoms with Crippen LogP contribution in [0.15, 0.2) is 0 Å². The van der Waals surface area contributed by atoms with Gasteiger partial charge in [0.1, 0.15) is 0 Å². The molecule has 0 aromatic rings. The van der Waals surface area contributed by atoms with Crippen LogP contribution in [-0.4, -0.2) is 43.1 Å². The highest BCUT2D eigenvalue weighted by Gasteiger charge is 2.86. The molecule has 0 heterocycles. The van der Waals surface area contributed by atoms with E-state index >= 15 is 0 Å². The lowest BCUT2D eigenvalue weighted by molar-refractivity contribution is -0.422. The van der Waals surface area contributed by atoms with Crippen molar-refractivity contribution in [2.24, 2.45) is 0 Å². The van der Waals surface area contributed by atoms with E-state index in [1.807, 2.05) is 0 Å². The molecule has 0 aliphatic rings. The second-order valence-electron chi connectivity index (χ2n) is 3.87. The van der Waals surface area contributed by atoms with E-state index in [1.165, 1.54) is 6.92 Å². The first kappa shape index (κ1) is 20.2. The molecule has 128 valence electrons. The third-order valence-corrected chi connectivity index (χ3v) is 2.37. The number of halogens is 11.